The van der Waals surface area contributed by atoms with Crippen LogP contribution in [0.1, 0.15) is 153 Å². The summed E-state index contributed by atoms with van der Waals surface area (Å²) in [5.41, 5.74) is 15.4. The Morgan fingerprint density at radius 1 is 0.547 bits per heavy atom. The molecule has 0 saturated heterocycles. The molecule has 9 aromatic rings. The van der Waals surface area contributed by atoms with Gasteiger partial charge in [0.1, 0.15) is 17.5 Å². The van der Waals surface area contributed by atoms with Crippen molar-refractivity contribution in [1.82, 2.24) is 9.55 Å². The number of aromatic nitrogens is 2. The number of anilines is 4. The second-order valence-corrected chi connectivity index (χ2v) is 22.6. The number of pyridine rings is 1. The van der Waals surface area contributed by atoms with Gasteiger partial charge in [-0.2, -0.15) is 6.07 Å². The SMILES string of the molecule is CC(C)c1cc(C(C)C)c(-c2cc(Oc3[c-]c4c(cc3)c3ccccc3n4-c3cc(C(C)(C)C)ccn3)[c-]c(N3[CH-]N(c4c(C(C)C)cc(-c5c(F)cccc5F)cc4C(C)C)c4ccccc43)c2)c(C(C)C)c1.[Pt]. The first-order chi connectivity index (χ1) is 35.3. The zero-order chi connectivity index (χ0) is 52.5. The summed E-state index contributed by atoms with van der Waals surface area (Å²) in [4.78, 5) is 9.38. The Balaban J connectivity index is 0.00000689. The van der Waals surface area contributed by atoms with Crippen LogP contribution >= 0.6 is 0 Å². The zero-order valence-electron chi connectivity index (χ0n) is 45.4. The van der Waals surface area contributed by atoms with Gasteiger partial charge < -0.3 is 19.1 Å². The molecule has 0 N–H and O–H groups in total. The first-order valence-electron chi connectivity index (χ1n) is 26.3. The van der Waals surface area contributed by atoms with E-state index in [9.17, 15) is 0 Å². The molecule has 0 aliphatic carbocycles. The van der Waals surface area contributed by atoms with Crippen LogP contribution in [0.5, 0.6) is 11.5 Å². The Kier molecular flexibility index (Phi) is 14.8. The van der Waals surface area contributed by atoms with Crippen LogP contribution in [0.25, 0.3) is 49.9 Å². The molecule has 0 amide bonds. The molecule has 0 spiro atoms. The fourth-order valence-electron chi connectivity index (χ4n) is 10.7. The van der Waals surface area contributed by atoms with Crippen molar-refractivity contribution >= 4 is 44.6 Å². The smallest absolute Gasteiger partial charge is 0.135 e. The van der Waals surface area contributed by atoms with Crippen molar-refractivity contribution in [1.29, 1.82) is 0 Å². The van der Waals surface area contributed by atoms with E-state index < -0.39 is 11.6 Å². The maximum atomic E-state index is 15.5. The van der Waals surface area contributed by atoms with Crippen molar-refractivity contribution in [3.8, 4) is 39.6 Å². The maximum absolute atomic E-state index is 15.5. The Labute approximate surface area is 457 Å². The molecule has 0 bridgehead atoms. The van der Waals surface area contributed by atoms with E-state index in [1.165, 1.54) is 46.0 Å². The molecule has 7 aromatic carbocycles. The van der Waals surface area contributed by atoms with Gasteiger partial charge in [-0.25, -0.2) is 13.8 Å². The van der Waals surface area contributed by atoms with Gasteiger partial charge in [-0.1, -0.05) is 144 Å². The zero-order valence-corrected chi connectivity index (χ0v) is 47.7. The summed E-state index contributed by atoms with van der Waals surface area (Å²) in [6, 6.07) is 49.9. The van der Waals surface area contributed by atoms with Crippen LogP contribution in [0.4, 0.5) is 31.5 Å². The summed E-state index contributed by atoms with van der Waals surface area (Å²) in [7, 11) is 0. The third-order valence-electron chi connectivity index (χ3n) is 14.7. The fraction of sp³-hybridized carbons (Fsp3) is 0.284. The number of nitrogens with zero attached hydrogens (tertiary/aromatic N) is 4. The van der Waals surface area contributed by atoms with Gasteiger partial charge in [0.2, 0.25) is 0 Å². The maximum Gasteiger partial charge on any atom is 0.135 e. The van der Waals surface area contributed by atoms with E-state index in [1.54, 1.807) is 0 Å². The van der Waals surface area contributed by atoms with Crippen LogP contribution in [0, 0.1) is 30.4 Å². The van der Waals surface area contributed by atoms with E-state index in [0.29, 0.717) is 23.0 Å². The summed E-state index contributed by atoms with van der Waals surface area (Å²) >= 11 is 0. The number of para-hydroxylation sites is 3. The normalized spacial score (nSPS) is 12.9. The number of halogens is 2. The van der Waals surface area contributed by atoms with Gasteiger partial charge in [0.15, 0.2) is 0 Å². The fourth-order valence-corrected chi connectivity index (χ4v) is 10.7. The Bertz CT molecular complexity index is 3520. The van der Waals surface area contributed by atoms with Crippen LogP contribution in [-0.2, 0) is 26.5 Å². The molecule has 0 saturated carbocycles. The van der Waals surface area contributed by atoms with Crippen LogP contribution in [0.3, 0.4) is 0 Å². The molecule has 1 aliphatic rings. The minimum atomic E-state index is -0.581. The molecule has 2 aromatic heterocycles. The van der Waals surface area contributed by atoms with Crippen molar-refractivity contribution in [2.75, 3.05) is 9.80 Å². The monoisotopic (exact) mass is 1180 g/mol. The summed E-state index contributed by atoms with van der Waals surface area (Å²) in [5.74, 6) is 1.63. The quantitative estimate of drug-likeness (QED) is 0.114. The molecule has 75 heavy (non-hydrogen) atoms. The largest absolute Gasteiger partial charge is 0.509 e. The molecular formula is C67H67F2N4OPt-3. The average molecular weight is 1180 g/mol. The molecule has 1 aliphatic heterocycles. The first kappa shape index (κ1) is 53.3. The molecule has 388 valence electrons. The predicted octanol–water partition coefficient (Wildman–Crippen LogP) is 19.5. The molecule has 0 radical (unpaired) electrons. The number of benzene rings is 7. The van der Waals surface area contributed by atoms with Gasteiger partial charge >= 0.3 is 0 Å². The average Bonchev–Trinajstić information content (AvgIpc) is 3.93. The molecule has 0 fully saturated rings. The van der Waals surface area contributed by atoms with E-state index in [0.717, 1.165) is 67.1 Å². The predicted molar refractivity (Wildman–Crippen MR) is 304 cm³/mol. The van der Waals surface area contributed by atoms with Gasteiger partial charge in [0.25, 0.3) is 0 Å². The van der Waals surface area contributed by atoms with Gasteiger partial charge in [-0.05, 0) is 139 Å². The van der Waals surface area contributed by atoms with Crippen LogP contribution in [-0.4, -0.2) is 9.55 Å². The summed E-state index contributed by atoms with van der Waals surface area (Å²) in [5, 5.41) is 2.17. The first-order valence-corrected chi connectivity index (χ1v) is 26.3. The minimum Gasteiger partial charge on any atom is -0.509 e. The molecule has 0 unspecified atom stereocenters. The van der Waals surface area contributed by atoms with Gasteiger partial charge in [-0.3, -0.25) is 0 Å². The third kappa shape index (κ3) is 9.94. The van der Waals surface area contributed by atoms with Crippen molar-refractivity contribution in [3.63, 3.8) is 0 Å². The molecule has 5 nitrogen and oxygen atoms in total. The number of hydrogen-bond donors (Lipinski definition) is 0. The number of hydrogen-bond acceptors (Lipinski definition) is 4. The number of rotatable bonds is 12. The minimum absolute atomic E-state index is 0. The van der Waals surface area contributed by atoms with Gasteiger partial charge in [0.05, 0.1) is 5.56 Å². The van der Waals surface area contributed by atoms with Crippen molar-refractivity contribution in [2.45, 2.75) is 125 Å². The summed E-state index contributed by atoms with van der Waals surface area (Å²) in [6.45, 7) is 31.0. The summed E-state index contributed by atoms with van der Waals surface area (Å²) < 4.78 is 40.3. The molecule has 0 atom stereocenters. The van der Waals surface area contributed by atoms with Crippen molar-refractivity contribution in [2.24, 2.45) is 0 Å². The van der Waals surface area contributed by atoms with Crippen molar-refractivity contribution < 1.29 is 34.6 Å². The topological polar surface area (TPSA) is 33.5 Å². The summed E-state index contributed by atoms with van der Waals surface area (Å²) in [6.07, 6.45) is 1.90. The second-order valence-electron chi connectivity index (χ2n) is 22.6. The van der Waals surface area contributed by atoms with Crippen LogP contribution in [0.15, 0.2) is 134 Å². The van der Waals surface area contributed by atoms with E-state index in [1.807, 2.05) is 24.4 Å². The Morgan fingerprint density at radius 2 is 1.13 bits per heavy atom. The van der Waals surface area contributed by atoms with Gasteiger partial charge in [-0.15, -0.1) is 53.6 Å². The molecule has 8 heteroatoms. The third-order valence-corrected chi connectivity index (χ3v) is 14.7. The van der Waals surface area contributed by atoms with Crippen LogP contribution < -0.4 is 14.5 Å². The van der Waals surface area contributed by atoms with E-state index in [4.69, 9.17) is 9.72 Å². The molecule has 3 heterocycles. The van der Waals surface area contributed by atoms with E-state index in [2.05, 4.69) is 214 Å². The Morgan fingerprint density at radius 3 is 1.73 bits per heavy atom. The number of ether oxygens (including phenoxy) is 1. The van der Waals surface area contributed by atoms with E-state index in [-0.39, 0.29) is 55.7 Å². The molecule has 10 rings (SSSR count). The van der Waals surface area contributed by atoms with E-state index >= 15 is 8.78 Å². The van der Waals surface area contributed by atoms with Crippen molar-refractivity contribution in [3.05, 3.63) is 197 Å². The number of fused-ring (bicyclic) bond motifs is 4. The molecular weight excluding hydrogens is 1110 g/mol. The van der Waals surface area contributed by atoms with Gasteiger partial charge in [0, 0.05) is 61.3 Å². The standard InChI is InChI=1S/C67H67F2N4O.Pt/c1-39(2)44-31-53(40(3)4)64(54(32-44)41(5)6)45-29-48(36-50(30-45)74-49-25-26-52-51-19-14-15-22-59(51)73(62(52)37-49)63-35-47(27-28-70-63)67(11,12)13)71-38-72(61-24-17-16-23-60(61)71)66-55(42(7)8)33-46(34-56(66)43(9)10)65-57(68)20-18-21-58(65)69;/h14-35,38-43H,1-13H3;/q-3;. The van der Waals surface area contributed by atoms with Crippen LogP contribution in [0.2, 0.25) is 0 Å². The Hall–Kier alpha value is -6.56. The second kappa shape index (κ2) is 20.9.